The monoisotopic (exact) mass is 344 g/mol. The number of nitrogens with one attached hydrogen (secondary N) is 1. The van der Waals surface area contributed by atoms with Crippen LogP contribution in [0, 0.1) is 6.92 Å². The van der Waals surface area contributed by atoms with Crippen LogP contribution in [0.5, 0.6) is 0 Å². The molecule has 0 aliphatic carbocycles. The van der Waals surface area contributed by atoms with Crippen LogP contribution in [-0.2, 0) is 4.79 Å². The summed E-state index contributed by atoms with van der Waals surface area (Å²) in [6.45, 7) is 3.78. The minimum Gasteiger partial charge on any atom is -0.385 e. The molecule has 3 aromatic rings. The number of hydrogen-bond donors (Lipinski definition) is 1. The van der Waals surface area contributed by atoms with E-state index in [1.165, 1.54) is 4.85 Å². The summed E-state index contributed by atoms with van der Waals surface area (Å²) in [6.07, 6.45) is 0. The Morgan fingerprint density at radius 2 is 2.12 bits per heavy atom. The maximum absolute atomic E-state index is 12.1. The molecule has 24 heavy (non-hydrogen) atoms. The number of nitrogens with zero attached hydrogens (tertiary/aromatic N) is 3. The fraction of sp³-hybridized carbons (Fsp3) is 0.235. The van der Waals surface area contributed by atoms with E-state index in [1.807, 2.05) is 38.1 Å². The summed E-state index contributed by atoms with van der Waals surface area (Å²) in [4.78, 5) is 18.7. The predicted octanol–water partition coefficient (Wildman–Crippen LogP) is 2.70. The van der Waals surface area contributed by atoms with Crippen molar-refractivity contribution in [1.82, 2.24) is 20.5 Å². The van der Waals surface area contributed by atoms with Crippen LogP contribution in [0.1, 0.15) is 24.1 Å². The molecule has 0 aliphatic rings. The lowest BCUT2D eigenvalue weighted by molar-refractivity contribution is -0.127. The van der Waals surface area contributed by atoms with Gasteiger partial charge in [0.2, 0.25) is 0 Å². The molecule has 0 saturated carbocycles. The smallest absolute Gasteiger partial charge is 0.261 e. The molecule has 2 aromatic carbocycles. The standard InChI is InChI=1S/C17H17ClN4O2/c1-11-5-3-4-6-14(11)12(2)19-17(23)10-24-22-16-9-13(18)7-8-15(16)20-21-22/h3-9,12H,10H2,1-2H3,(H,19,23). The second-order valence-electron chi connectivity index (χ2n) is 5.51. The zero-order valence-electron chi connectivity index (χ0n) is 13.4. The van der Waals surface area contributed by atoms with Crippen LogP contribution in [0.4, 0.5) is 0 Å². The Hall–Kier alpha value is -2.60. The Labute approximate surface area is 144 Å². The van der Waals surface area contributed by atoms with Crippen LogP contribution in [0.15, 0.2) is 42.5 Å². The van der Waals surface area contributed by atoms with Crippen molar-refractivity contribution in [3.63, 3.8) is 0 Å². The fourth-order valence-electron chi connectivity index (χ4n) is 2.52. The number of rotatable bonds is 5. The van der Waals surface area contributed by atoms with Crippen molar-refractivity contribution < 1.29 is 9.63 Å². The van der Waals surface area contributed by atoms with Gasteiger partial charge in [-0.2, -0.15) is 0 Å². The van der Waals surface area contributed by atoms with Crippen LogP contribution in [-0.4, -0.2) is 27.7 Å². The molecule has 1 atom stereocenters. The molecule has 3 rings (SSSR count). The Balaban J connectivity index is 1.63. The molecule has 1 amide bonds. The van der Waals surface area contributed by atoms with Crippen molar-refractivity contribution in [2.75, 3.05) is 6.61 Å². The number of aryl methyl sites for hydroxylation is 1. The average Bonchev–Trinajstić information content (AvgIpc) is 2.95. The zero-order valence-corrected chi connectivity index (χ0v) is 14.1. The number of hydrogen-bond acceptors (Lipinski definition) is 4. The van der Waals surface area contributed by atoms with Gasteiger partial charge in [-0.15, -0.1) is 5.10 Å². The van der Waals surface area contributed by atoms with Crippen LogP contribution in [0.2, 0.25) is 5.02 Å². The summed E-state index contributed by atoms with van der Waals surface area (Å²) in [5.41, 5.74) is 3.46. The lowest BCUT2D eigenvalue weighted by Crippen LogP contribution is -2.34. The van der Waals surface area contributed by atoms with E-state index < -0.39 is 0 Å². The van der Waals surface area contributed by atoms with Gasteiger partial charge in [0.05, 0.1) is 6.04 Å². The first kappa shape index (κ1) is 16.3. The Morgan fingerprint density at radius 3 is 2.92 bits per heavy atom. The van der Waals surface area contributed by atoms with E-state index in [1.54, 1.807) is 18.2 Å². The molecule has 1 aromatic heterocycles. The van der Waals surface area contributed by atoms with Crippen molar-refractivity contribution in [2.24, 2.45) is 0 Å². The number of benzene rings is 2. The molecular formula is C17H17ClN4O2. The van der Waals surface area contributed by atoms with Crippen LogP contribution < -0.4 is 10.2 Å². The molecule has 0 fully saturated rings. The van der Waals surface area contributed by atoms with Gasteiger partial charge in [-0.25, -0.2) is 0 Å². The summed E-state index contributed by atoms with van der Waals surface area (Å²) in [5, 5.41) is 11.3. The minimum atomic E-state index is -0.239. The summed E-state index contributed by atoms with van der Waals surface area (Å²) in [5.74, 6) is -0.239. The Kier molecular flexibility index (Phi) is 4.66. The largest absolute Gasteiger partial charge is 0.385 e. The quantitative estimate of drug-likeness (QED) is 0.772. The molecule has 0 spiro atoms. The molecular weight excluding hydrogens is 328 g/mol. The van der Waals surface area contributed by atoms with Gasteiger partial charge in [-0.1, -0.05) is 40.7 Å². The van der Waals surface area contributed by atoms with Gasteiger partial charge >= 0.3 is 0 Å². The van der Waals surface area contributed by atoms with Crippen LogP contribution >= 0.6 is 11.6 Å². The Bertz CT molecular complexity index is 878. The topological polar surface area (TPSA) is 69.0 Å². The summed E-state index contributed by atoms with van der Waals surface area (Å²) in [7, 11) is 0. The zero-order chi connectivity index (χ0) is 17.1. The highest BCUT2D eigenvalue weighted by Crippen LogP contribution is 2.17. The third-order valence-electron chi connectivity index (χ3n) is 3.73. The number of fused-ring (bicyclic) bond motifs is 1. The molecule has 1 heterocycles. The first-order valence-electron chi connectivity index (χ1n) is 7.54. The highest BCUT2D eigenvalue weighted by Gasteiger charge is 2.13. The number of aromatic nitrogens is 3. The molecule has 6 nitrogen and oxygen atoms in total. The van der Waals surface area contributed by atoms with E-state index in [-0.39, 0.29) is 18.6 Å². The van der Waals surface area contributed by atoms with Crippen molar-refractivity contribution in [3.05, 3.63) is 58.6 Å². The van der Waals surface area contributed by atoms with Gasteiger partial charge in [0.25, 0.3) is 5.91 Å². The molecule has 124 valence electrons. The number of amides is 1. The van der Waals surface area contributed by atoms with Gasteiger partial charge < -0.3 is 10.2 Å². The fourth-order valence-corrected chi connectivity index (χ4v) is 2.69. The van der Waals surface area contributed by atoms with E-state index in [2.05, 4.69) is 15.6 Å². The molecule has 0 saturated heterocycles. The van der Waals surface area contributed by atoms with Crippen molar-refractivity contribution in [3.8, 4) is 0 Å². The van der Waals surface area contributed by atoms with Gasteiger partial charge in [0, 0.05) is 5.02 Å². The molecule has 7 heteroatoms. The normalized spacial score (nSPS) is 12.1. The van der Waals surface area contributed by atoms with E-state index in [0.717, 1.165) is 11.1 Å². The van der Waals surface area contributed by atoms with Crippen LogP contribution in [0.25, 0.3) is 11.0 Å². The van der Waals surface area contributed by atoms with Gasteiger partial charge in [-0.05, 0) is 48.4 Å². The molecule has 0 radical (unpaired) electrons. The van der Waals surface area contributed by atoms with E-state index in [9.17, 15) is 4.79 Å². The van der Waals surface area contributed by atoms with E-state index in [0.29, 0.717) is 16.1 Å². The third-order valence-corrected chi connectivity index (χ3v) is 3.96. The SMILES string of the molecule is Cc1ccccc1C(C)NC(=O)COn1nnc2ccc(Cl)cc21. The van der Waals surface area contributed by atoms with E-state index in [4.69, 9.17) is 16.4 Å². The summed E-state index contributed by atoms with van der Waals surface area (Å²) >= 11 is 5.96. The second-order valence-corrected chi connectivity index (χ2v) is 5.95. The van der Waals surface area contributed by atoms with Crippen molar-refractivity contribution in [2.45, 2.75) is 19.9 Å². The molecule has 1 unspecified atom stereocenters. The summed E-state index contributed by atoms with van der Waals surface area (Å²) in [6, 6.07) is 13.0. The predicted molar refractivity (Wildman–Crippen MR) is 91.7 cm³/mol. The van der Waals surface area contributed by atoms with Crippen LogP contribution in [0.3, 0.4) is 0 Å². The second kappa shape index (κ2) is 6.88. The van der Waals surface area contributed by atoms with Crippen molar-refractivity contribution in [1.29, 1.82) is 0 Å². The number of carbonyl (C=O) groups is 1. The highest BCUT2D eigenvalue weighted by atomic mass is 35.5. The summed E-state index contributed by atoms with van der Waals surface area (Å²) < 4.78 is 0. The van der Waals surface area contributed by atoms with Crippen molar-refractivity contribution >= 4 is 28.5 Å². The van der Waals surface area contributed by atoms with E-state index >= 15 is 0 Å². The maximum atomic E-state index is 12.1. The van der Waals surface area contributed by atoms with Gasteiger partial charge in [-0.3, -0.25) is 4.79 Å². The lowest BCUT2D eigenvalue weighted by atomic mass is 10.0. The van der Waals surface area contributed by atoms with Gasteiger partial charge in [0.15, 0.2) is 6.61 Å². The third kappa shape index (κ3) is 3.49. The first-order valence-corrected chi connectivity index (χ1v) is 7.91. The van der Waals surface area contributed by atoms with Gasteiger partial charge in [0.1, 0.15) is 11.0 Å². The molecule has 1 N–H and O–H groups in total. The Morgan fingerprint density at radius 1 is 1.33 bits per heavy atom. The number of halogens is 1. The lowest BCUT2D eigenvalue weighted by Gasteiger charge is -2.16. The first-order chi connectivity index (χ1) is 11.5. The average molecular weight is 345 g/mol. The molecule has 0 aliphatic heterocycles. The molecule has 0 bridgehead atoms. The minimum absolute atomic E-state index is 0.107. The highest BCUT2D eigenvalue weighted by molar-refractivity contribution is 6.31. The number of carbonyl (C=O) groups excluding carboxylic acids is 1. The maximum Gasteiger partial charge on any atom is 0.261 e.